The molecule has 0 radical (unpaired) electrons. The molecule has 1 atom stereocenters. The third-order valence-corrected chi connectivity index (χ3v) is 5.79. The Hall–Kier alpha value is -2.14. The Labute approximate surface area is 148 Å². The Morgan fingerprint density at radius 2 is 1.88 bits per heavy atom. The summed E-state index contributed by atoms with van der Waals surface area (Å²) in [4.78, 5) is 26.1. The van der Waals surface area contributed by atoms with Gasteiger partial charge in [0.05, 0.1) is 0 Å². The van der Waals surface area contributed by atoms with Crippen LogP contribution in [0.15, 0.2) is 24.4 Å². The van der Waals surface area contributed by atoms with Crippen molar-refractivity contribution in [3.63, 3.8) is 0 Å². The van der Waals surface area contributed by atoms with Crippen molar-refractivity contribution in [2.45, 2.75) is 44.6 Å². The molecule has 1 unspecified atom stereocenters. The van der Waals surface area contributed by atoms with Crippen LogP contribution in [0.2, 0.25) is 0 Å². The molecule has 3 heterocycles. The third kappa shape index (κ3) is 2.97. The Morgan fingerprint density at radius 3 is 2.60 bits per heavy atom. The second-order valence-corrected chi connectivity index (χ2v) is 7.54. The van der Waals surface area contributed by atoms with Crippen LogP contribution in [0.4, 0.5) is 0 Å². The van der Waals surface area contributed by atoms with Gasteiger partial charge in [-0.05, 0) is 75.5 Å². The maximum Gasteiger partial charge on any atom is 0.249 e. The summed E-state index contributed by atoms with van der Waals surface area (Å²) < 4.78 is 2.05. The average molecular weight is 339 g/mol. The van der Waals surface area contributed by atoms with Crippen molar-refractivity contribution in [3.05, 3.63) is 35.5 Å². The minimum Gasteiger partial charge on any atom is -0.335 e. The summed E-state index contributed by atoms with van der Waals surface area (Å²) in [6, 6.07) is 6.39. The van der Waals surface area contributed by atoms with Crippen LogP contribution in [0.3, 0.4) is 0 Å². The van der Waals surface area contributed by atoms with Crippen LogP contribution < -0.4 is 5.32 Å². The monoisotopic (exact) mass is 339 g/mol. The Kier molecular flexibility index (Phi) is 4.12. The van der Waals surface area contributed by atoms with Crippen LogP contribution in [0.25, 0.3) is 10.9 Å². The van der Waals surface area contributed by atoms with Crippen LogP contribution in [-0.2, 0) is 9.59 Å². The lowest BCUT2D eigenvalue weighted by atomic mass is 9.89. The molecule has 2 aliphatic rings. The quantitative estimate of drug-likeness (QED) is 0.856. The molecular weight excluding hydrogens is 314 g/mol. The van der Waals surface area contributed by atoms with Gasteiger partial charge in [0.1, 0.15) is 6.04 Å². The highest BCUT2D eigenvalue weighted by molar-refractivity contribution is 6.00. The molecule has 25 heavy (non-hydrogen) atoms. The lowest BCUT2D eigenvalue weighted by Gasteiger charge is -2.29. The molecule has 1 N–H and O–H groups in total. The number of amides is 2. The Balaban J connectivity index is 1.67. The molecule has 0 saturated carbocycles. The summed E-state index contributed by atoms with van der Waals surface area (Å²) in [6.07, 6.45) is 5.44. The fourth-order valence-electron chi connectivity index (χ4n) is 4.24. The van der Waals surface area contributed by atoms with Gasteiger partial charge in [0.15, 0.2) is 0 Å². The van der Waals surface area contributed by atoms with E-state index in [2.05, 4.69) is 48.6 Å². The fraction of sp³-hybridized carbons (Fsp3) is 0.500. The maximum atomic E-state index is 12.2. The van der Waals surface area contributed by atoms with Crippen LogP contribution in [0.5, 0.6) is 0 Å². The van der Waals surface area contributed by atoms with Gasteiger partial charge in [0, 0.05) is 23.5 Å². The van der Waals surface area contributed by atoms with Crippen LogP contribution in [-0.4, -0.2) is 41.4 Å². The first-order valence-corrected chi connectivity index (χ1v) is 9.16. The van der Waals surface area contributed by atoms with Gasteiger partial charge in [-0.3, -0.25) is 14.9 Å². The maximum absolute atomic E-state index is 12.2. The van der Waals surface area contributed by atoms with E-state index in [1.54, 1.807) is 0 Å². The van der Waals surface area contributed by atoms with E-state index in [4.69, 9.17) is 0 Å². The van der Waals surface area contributed by atoms with Crippen molar-refractivity contribution in [1.29, 1.82) is 0 Å². The Morgan fingerprint density at radius 1 is 1.12 bits per heavy atom. The average Bonchev–Trinajstić information content (AvgIpc) is 2.92. The minimum absolute atomic E-state index is 0.168. The lowest BCUT2D eigenvalue weighted by Crippen LogP contribution is -2.41. The first-order valence-electron chi connectivity index (χ1n) is 9.16. The number of nitrogens with one attached hydrogen (secondary N) is 1. The van der Waals surface area contributed by atoms with Gasteiger partial charge in [-0.1, -0.05) is 6.07 Å². The summed E-state index contributed by atoms with van der Waals surface area (Å²) >= 11 is 0. The molecule has 2 aliphatic heterocycles. The van der Waals surface area contributed by atoms with Crippen molar-refractivity contribution in [1.82, 2.24) is 14.8 Å². The lowest BCUT2D eigenvalue weighted by molar-refractivity contribution is -0.135. The molecule has 1 aromatic heterocycles. The van der Waals surface area contributed by atoms with Gasteiger partial charge < -0.3 is 9.47 Å². The van der Waals surface area contributed by atoms with Crippen LogP contribution in [0, 0.1) is 6.92 Å². The summed E-state index contributed by atoms with van der Waals surface area (Å²) in [7, 11) is 2.18. The van der Waals surface area contributed by atoms with Crippen LogP contribution >= 0.6 is 0 Å². The molecule has 0 aliphatic carbocycles. The number of imide groups is 1. The van der Waals surface area contributed by atoms with Gasteiger partial charge in [-0.2, -0.15) is 0 Å². The summed E-state index contributed by atoms with van der Waals surface area (Å²) in [5.74, 6) is 0.269. The highest BCUT2D eigenvalue weighted by Gasteiger charge is 2.29. The SMILES string of the molecule is Cc1cn(C2CCC(=O)NC2=O)c2ccc(C3CCN(C)CC3)cc12. The number of rotatable bonds is 2. The van der Waals surface area contributed by atoms with Crippen LogP contribution in [0.1, 0.15) is 48.8 Å². The number of carbonyl (C=O) groups is 2. The number of benzene rings is 1. The van der Waals surface area contributed by atoms with Gasteiger partial charge in [-0.15, -0.1) is 0 Å². The fourth-order valence-corrected chi connectivity index (χ4v) is 4.24. The number of carbonyl (C=O) groups excluding carboxylic acids is 2. The number of hydrogen-bond donors (Lipinski definition) is 1. The van der Waals surface area contributed by atoms with E-state index in [1.807, 2.05) is 4.57 Å². The molecule has 2 aromatic rings. The normalized spacial score (nSPS) is 23.2. The topological polar surface area (TPSA) is 54.3 Å². The van der Waals surface area contributed by atoms with E-state index < -0.39 is 0 Å². The van der Waals surface area contributed by atoms with E-state index in [0.29, 0.717) is 18.8 Å². The van der Waals surface area contributed by atoms with E-state index in [9.17, 15) is 9.59 Å². The molecule has 2 amide bonds. The minimum atomic E-state index is -0.289. The smallest absolute Gasteiger partial charge is 0.249 e. The van der Waals surface area contributed by atoms with Crippen molar-refractivity contribution >= 4 is 22.7 Å². The summed E-state index contributed by atoms with van der Waals surface area (Å²) in [6.45, 7) is 4.40. The molecule has 1 aromatic carbocycles. The van der Waals surface area contributed by atoms with Crippen molar-refractivity contribution in [2.75, 3.05) is 20.1 Å². The number of aryl methyl sites for hydroxylation is 1. The molecule has 4 rings (SSSR count). The number of nitrogens with zero attached hydrogens (tertiary/aromatic N) is 2. The second kappa shape index (κ2) is 6.30. The van der Waals surface area contributed by atoms with Gasteiger partial charge in [0.25, 0.3) is 0 Å². The van der Waals surface area contributed by atoms with Crippen molar-refractivity contribution < 1.29 is 9.59 Å². The molecule has 132 valence electrons. The van der Waals surface area contributed by atoms with Crippen molar-refractivity contribution in [3.8, 4) is 0 Å². The standard InChI is InChI=1S/C20H25N3O2/c1-13-12-23(18-5-6-19(24)21-20(18)25)17-4-3-15(11-16(13)17)14-7-9-22(2)10-8-14/h3-4,11-12,14,18H,5-10H2,1-2H3,(H,21,24,25). The van der Waals surface area contributed by atoms with Crippen molar-refractivity contribution in [2.24, 2.45) is 0 Å². The zero-order chi connectivity index (χ0) is 17.6. The molecule has 2 fully saturated rings. The largest absolute Gasteiger partial charge is 0.335 e. The second-order valence-electron chi connectivity index (χ2n) is 7.54. The van der Waals surface area contributed by atoms with E-state index in [0.717, 1.165) is 18.6 Å². The van der Waals surface area contributed by atoms with Gasteiger partial charge in [0.2, 0.25) is 11.8 Å². The summed E-state index contributed by atoms with van der Waals surface area (Å²) in [5.41, 5.74) is 3.68. The Bertz CT molecular complexity index is 831. The van der Waals surface area contributed by atoms with Gasteiger partial charge >= 0.3 is 0 Å². The van der Waals surface area contributed by atoms with E-state index in [1.165, 1.54) is 29.4 Å². The van der Waals surface area contributed by atoms with E-state index >= 15 is 0 Å². The third-order valence-electron chi connectivity index (χ3n) is 5.79. The number of likely N-dealkylation sites (tertiary alicyclic amines) is 1. The number of fused-ring (bicyclic) bond motifs is 1. The number of piperidine rings is 2. The molecule has 2 saturated heterocycles. The first kappa shape index (κ1) is 16.3. The zero-order valence-electron chi connectivity index (χ0n) is 14.9. The molecular formula is C20H25N3O2. The predicted octanol–water partition coefficient (Wildman–Crippen LogP) is 2.74. The van der Waals surface area contributed by atoms with Gasteiger partial charge in [-0.25, -0.2) is 0 Å². The molecule has 5 nitrogen and oxygen atoms in total. The zero-order valence-corrected chi connectivity index (χ0v) is 14.9. The first-order chi connectivity index (χ1) is 12.0. The highest BCUT2D eigenvalue weighted by atomic mass is 16.2. The highest BCUT2D eigenvalue weighted by Crippen LogP contribution is 2.33. The molecule has 0 spiro atoms. The van der Waals surface area contributed by atoms with E-state index in [-0.39, 0.29) is 17.9 Å². The number of hydrogen-bond acceptors (Lipinski definition) is 3. The summed E-state index contributed by atoms with van der Waals surface area (Å²) in [5, 5.41) is 3.69. The number of aromatic nitrogens is 1. The molecule has 5 heteroatoms. The molecule has 0 bridgehead atoms. The predicted molar refractivity (Wildman–Crippen MR) is 97.6 cm³/mol.